The second-order valence-electron chi connectivity index (χ2n) is 7.20. The predicted octanol–water partition coefficient (Wildman–Crippen LogP) is 6.17. The highest BCUT2D eigenvalue weighted by molar-refractivity contribution is 9.10. The lowest BCUT2D eigenvalue weighted by atomic mass is 10.1. The molecule has 1 heterocycles. The fourth-order valence-corrected chi connectivity index (χ4v) is 3.65. The first-order chi connectivity index (χ1) is 16.1. The number of hydrogen-bond acceptors (Lipinski definition) is 4. The number of amides is 2. The molecule has 33 heavy (non-hydrogen) atoms. The Morgan fingerprint density at radius 2 is 1.58 bits per heavy atom. The van der Waals surface area contributed by atoms with Gasteiger partial charge in [-0.05, 0) is 70.0 Å². The van der Waals surface area contributed by atoms with Gasteiger partial charge in [0.2, 0.25) is 0 Å². The third-order valence-electron chi connectivity index (χ3n) is 4.81. The quantitative estimate of drug-likeness (QED) is 0.300. The van der Waals surface area contributed by atoms with E-state index in [0.717, 1.165) is 6.42 Å². The number of furan rings is 1. The van der Waals surface area contributed by atoms with Crippen LogP contribution in [0.1, 0.15) is 26.5 Å². The molecule has 0 bridgehead atoms. The van der Waals surface area contributed by atoms with E-state index in [1.165, 1.54) is 11.8 Å². The van der Waals surface area contributed by atoms with Crippen LogP contribution in [0.5, 0.6) is 5.75 Å². The van der Waals surface area contributed by atoms with Crippen LogP contribution in [0.2, 0.25) is 0 Å². The molecule has 0 fully saturated rings. The van der Waals surface area contributed by atoms with Crippen molar-refractivity contribution in [3.05, 3.63) is 113 Å². The lowest BCUT2D eigenvalue weighted by Crippen LogP contribution is -2.13. The van der Waals surface area contributed by atoms with E-state index in [0.29, 0.717) is 33.8 Å². The van der Waals surface area contributed by atoms with Crippen molar-refractivity contribution in [3.8, 4) is 5.75 Å². The molecule has 0 aliphatic heterocycles. The van der Waals surface area contributed by atoms with Crippen LogP contribution in [0.15, 0.2) is 100 Å². The van der Waals surface area contributed by atoms with Gasteiger partial charge in [-0.1, -0.05) is 36.4 Å². The Bertz CT molecular complexity index is 1240. The zero-order chi connectivity index (χ0) is 23.0. The minimum Gasteiger partial charge on any atom is -0.492 e. The summed E-state index contributed by atoms with van der Waals surface area (Å²) >= 11 is 3.48. The van der Waals surface area contributed by atoms with Crippen molar-refractivity contribution >= 4 is 39.1 Å². The maximum absolute atomic E-state index is 12.7. The molecule has 166 valence electrons. The average Bonchev–Trinajstić information content (AvgIpc) is 3.36. The van der Waals surface area contributed by atoms with Crippen molar-refractivity contribution in [2.75, 3.05) is 17.2 Å². The Morgan fingerprint density at radius 3 is 2.27 bits per heavy atom. The Morgan fingerprint density at radius 1 is 0.818 bits per heavy atom. The van der Waals surface area contributed by atoms with Crippen LogP contribution in [0, 0.1) is 0 Å². The van der Waals surface area contributed by atoms with Crippen molar-refractivity contribution in [1.82, 2.24) is 0 Å². The topological polar surface area (TPSA) is 80.6 Å². The van der Waals surface area contributed by atoms with Crippen LogP contribution in [0.25, 0.3) is 0 Å². The number of benzene rings is 3. The molecular weight excluding hydrogens is 484 g/mol. The minimum atomic E-state index is -0.365. The summed E-state index contributed by atoms with van der Waals surface area (Å²) < 4.78 is 11.6. The van der Waals surface area contributed by atoms with Crippen LogP contribution in [-0.4, -0.2) is 18.4 Å². The van der Waals surface area contributed by atoms with E-state index in [1.807, 2.05) is 18.2 Å². The highest BCUT2D eigenvalue weighted by Gasteiger charge is 2.12. The van der Waals surface area contributed by atoms with E-state index in [9.17, 15) is 9.59 Å². The number of rotatable bonds is 8. The molecule has 0 radical (unpaired) electrons. The van der Waals surface area contributed by atoms with Crippen LogP contribution in [0.4, 0.5) is 11.4 Å². The molecule has 4 aromatic rings. The fourth-order valence-electron chi connectivity index (χ4n) is 3.16. The van der Waals surface area contributed by atoms with Crippen LogP contribution < -0.4 is 15.4 Å². The molecule has 0 saturated heterocycles. The van der Waals surface area contributed by atoms with E-state index < -0.39 is 0 Å². The standard InChI is InChI=1S/C26H21BrN2O4/c27-22-16-19(11-12-23(22)33-15-13-18-6-2-1-3-7-18)25(30)28-20-8-4-9-21(17-20)29-26(31)24-10-5-14-32-24/h1-12,14,16-17H,13,15H2,(H,28,30)(H,29,31). The third kappa shape index (κ3) is 6.11. The van der Waals surface area contributed by atoms with Crippen molar-refractivity contribution in [2.45, 2.75) is 6.42 Å². The minimum absolute atomic E-state index is 0.209. The molecule has 2 N–H and O–H groups in total. The van der Waals surface area contributed by atoms with Crippen LogP contribution >= 0.6 is 15.9 Å². The molecule has 2 amide bonds. The van der Waals surface area contributed by atoms with Gasteiger partial charge in [0.1, 0.15) is 5.75 Å². The fraction of sp³-hybridized carbons (Fsp3) is 0.0769. The lowest BCUT2D eigenvalue weighted by Gasteiger charge is -2.11. The summed E-state index contributed by atoms with van der Waals surface area (Å²) in [6.45, 7) is 0.532. The summed E-state index contributed by atoms with van der Waals surface area (Å²) in [5.74, 6) is 0.238. The molecule has 4 rings (SSSR count). The summed E-state index contributed by atoms with van der Waals surface area (Å²) in [5, 5.41) is 5.58. The van der Waals surface area contributed by atoms with Gasteiger partial charge in [0.05, 0.1) is 17.3 Å². The molecular formula is C26H21BrN2O4. The van der Waals surface area contributed by atoms with Crippen molar-refractivity contribution < 1.29 is 18.7 Å². The molecule has 0 aliphatic carbocycles. The van der Waals surface area contributed by atoms with Crippen molar-refractivity contribution in [2.24, 2.45) is 0 Å². The number of carbonyl (C=O) groups is 2. The van der Waals surface area contributed by atoms with Gasteiger partial charge < -0.3 is 19.8 Å². The van der Waals surface area contributed by atoms with Gasteiger partial charge in [0, 0.05) is 23.4 Å². The molecule has 0 atom stereocenters. The maximum atomic E-state index is 12.7. The number of ether oxygens (including phenoxy) is 1. The van der Waals surface area contributed by atoms with Crippen LogP contribution in [-0.2, 0) is 6.42 Å². The normalized spacial score (nSPS) is 10.5. The van der Waals surface area contributed by atoms with Crippen molar-refractivity contribution in [3.63, 3.8) is 0 Å². The summed E-state index contributed by atoms with van der Waals surface area (Å²) in [7, 11) is 0. The Balaban J connectivity index is 1.35. The molecule has 6 nitrogen and oxygen atoms in total. The summed E-state index contributed by atoms with van der Waals surface area (Å²) in [5.41, 5.74) is 2.77. The summed E-state index contributed by atoms with van der Waals surface area (Å²) in [6, 6.07) is 25.4. The van der Waals surface area contributed by atoms with E-state index in [1.54, 1.807) is 54.6 Å². The Kier molecular flexibility index (Phi) is 7.22. The number of halogens is 1. The largest absolute Gasteiger partial charge is 0.492 e. The number of nitrogens with one attached hydrogen (secondary N) is 2. The van der Waals surface area contributed by atoms with Crippen LogP contribution in [0.3, 0.4) is 0 Å². The van der Waals surface area contributed by atoms with Gasteiger partial charge in [-0.15, -0.1) is 0 Å². The zero-order valence-electron chi connectivity index (χ0n) is 17.6. The highest BCUT2D eigenvalue weighted by Crippen LogP contribution is 2.27. The summed E-state index contributed by atoms with van der Waals surface area (Å²) in [6.07, 6.45) is 2.23. The average molecular weight is 505 g/mol. The zero-order valence-corrected chi connectivity index (χ0v) is 19.2. The molecule has 0 aliphatic rings. The first kappa shape index (κ1) is 22.4. The van der Waals surface area contributed by atoms with E-state index >= 15 is 0 Å². The van der Waals surface area contributed by atoms with E-state index in [2.05, 4.69) is 38.7 Å². The lowest BCUT2D eigenvalue weighted by molar-refractivity contribution is 0.0995. The predicted molar refractivity (Wildman–Crippen MR) is 131 cm³/mol. The third-order valence-corrected chi connectivity index (χ3v) is 5.43. The smallest absolute Gasteiger partial charge is 0.291 e. The second kappa shape index (κ2) is 10.7. The first-order valence-corrected chi connectivity index (χ1v) is 11.1. The second-order valence-corrected chi connectivity index (χ2v) is 8.05. The van der Waals surface area contributed by atoms with E-state index in [4.69, 9.17) is 9.15 Å². The molecule has 0 unspecified atom stereocenters. The van der Waals surface area contributed by atoms with E-state index in [-0.39, 0.29) is 17.6 Å². The van der Waals surface area contributed by atoms with Gasteiger partial charge in [0.25, 0.3) is 11.8 Å². The Labute approximate surface area is 199 Å². The van der Waals surface area contributed by atoms with Gasteiger partial charge in [-0.2, -0.15) is 0 Å². The van der Waals surface area contributed by atoms with Gasteiger partial charge >= 0.3 is 0 Å². The molecule has 7 heteroatoms. The van der Waals surface area contributed by atoms with Crippen molar-refractivity contribution in [1.29, 1.82) is 0 Å². The molecule has 0 saturated carbocycles. The molecule has 0 spiro atoms. The number of carbonyl (C=O) groups excluding carboxylic acids is 2. The number of hydrogen-bond donors (Lipinski definition) is 2. The Hall–Kier alpha value is -3.84. The first-order valence-electron chi connectivity index (χ1n) is 10.3. The van der Waals surface area contributed by atoms with Gasteiger partial charge in [-0.25, -0.2) is 0 Å². The van der Waals surface area contributed by atoms with Gasteiger partial charge in [0.15, 0.2) is 5.76 Å². The maximum Gasteiger partial charge on any atom is 0.291 e. The van der Waals surface area contributed by atoms with Gasteiger partial charge in [-0.3, -0.25) is 9.59 Å². The highest BCUT2D eigenvalue weighted by atomic mass is 79.9. The monoisotopic (exact) mass is 504 g/mol. The molecule has 1 aromatic heterocycles. The number of anilines is 2. The molecule has 3 aromatic carbocycles. The SMILES string of the molecule is O=C(Nc1cccc(NC(=O)c2ccco2)c1)c1ccc(OCCc2ccccc2)c(Br)c1. The summed E-state index contributed by atoms with van der Waals surface area (Å²) in [4.78, 5) is 24.9.